The van der Waals surface area contributed by atoms with E-state index in [9.17, 15) is 4.79 Å². The van der Waals surface area contributed by atoms with Gasteiger partial charge < -0.3 is 19.7 Å². The summed E-state index contributed by atoms with van der Waals surface area (Å²) in [5.74, 6) is 2.01. The van der Waals surface area contributed by atoms with Gasteiger partial charge in [0.15, 0.2) is 0 Å². The highest BCUT2D eigenvalue weighted by Crippen LogP contribution is 2.31. The summed E-state index contributed by atoms with van der Waals surface area (Å²) >= 11 is 0. The first-order valence-electron chi connectivity index (χ1n) is 9.49. The summed E-state index contributed by atoms with van der Waals surface area (Å²) < 4.78 is 10.6. The molecular weight excluding hydrogens is 366 g/mol. The van der Waals surface area contributed by atoms with Crippen LogP contribution in [0.2, 0.25) is 0 Å². The lowest BCUT2D eigenvalue weighted by molar-refractivity contribution is 0.0734. The molecule has 0 saturated heterocycles. The number of ether oxygens (including phenoxy) is 2. The lowest BCUT2D eigenvalue weighted by Crippen LogP contribution is -2.35. The van der Waals surface area contributed by atoms with Crippen molar-refractivity contribution in [2.75, 3.05) is 26.1 Å². The van der Waals surface area contributed by atoms with Gasteiger partial charge in [-0.3, -0.25) is 4.79 Å². The topological polar surface area (TPSA) is 63.7 Å². The van der Waals surface area contributed by atoms with Gasteiger partial charge in [0.2, 0.25) is 0 Å². The quantitative estimate of drug-likeness (QED) is 0.713. The average molecular weight is 389 g/mol. The van der Waals surface area contributed by atoms with Crippen LogP contribution in [0.1, 0.15) is 21.5 Å². The first kappa shape index (κ1) is 18.8. The molecular formula is C23H23N3O3. The Balaban J connectivity index is 1.48. The van der Waals surface area contributed by atoms with Crippen LogP contribution >= 0.6 is 0 Å². The molecule has 0 aliphatic carbocycles. The van der Waals surface area contributed by atoms with Crippen LogP contribution in [0, 0.1) is 0 Å². The van der Waals surface area contributed by atoms with Crippen molar-refractivity contribution in [1.82, 2.24) is 9.88 Å². The standard InChI is InChI=1S/C23H23N3O3/c1-28-19-8-9-21(29-2)20(13-19)25-22-10-7-17(14-24-22)23(27)26-12-11-16-5-3-4-6-18(16)15-26/h3-10,13-14H,11-12,15H2,1-2H3,(H,24,25). The van der Waals surface area contributed by atoms with E-state index in [4.69, 9.17) is 9.47 Å². The summed E-state index contributed by atoms with van der Waals surface area (Å²) in [7, 11) is 3.22. The van der Waals surface area contributed by atoms with Gasteiger partial charge in [0.25, 0.3) is 5.91 Å². The van der Waals surface area contributed by atoms with E-state index in [-0.39, 0.29) is 5.91 Å². The Labute approximate surface area is 170 Å². The number of aromatic nitrogens is 1. The average Bonchev–Trinajstić information content (AvgIpc) is 2.78. The highest BCUT2D eigenvalue weighted by atomic mass is 16.5. The Kier molecular flexibility index (Phi) is 5.33. The maximum absolute atomic E-state index is 12.9. The molecule has 1 N–H and O–H groups in total. The fourth-order valence-electron chi connectivity index (χ4n) is 3.50. The molecule has 2 aromatic carbocycles. The molecule has 1 aliphatic rings. The smallest absolute Gasteiger partial charge is 0.255 e. The first-order valence-corrected chi connectivity index (χ1v) is 9.49. The number of rotatable bonds is 5. The molecule has 0 fully saturated rings. The molecule has 0 radical (unpaired) electrons. The number of hydrogen-bond acceptors (Lipinski definition) is 5. The van der Waals surface area contributed by atoms with Gasteiger partial charge in [0.1, 0.15) is 17.3 Å². The zero-order valence-electron chi connectivity index (χ0n) is 16.5. The van der Waals surface area contributed by atoms with E-state index in [0.29, 0.717) is 29.4 Å². The lowest BCUT2D eigenvalue weighted by atomic mass is 9.99. The summed E-state index contributed by atoms with van der Waals surface area (Å²) in [6, 6.07) is 17.4. The molecule has 0 atom stereocenters. The van der Waals surface area contributed by atoms with Gasteiger partial charge in [0, 0.05) is 25.4 Å². The number of hydrogen-bond donors (Lipinski definition) is 1. The third-order valence-electron chi connectivity index (χ3n) is 5.10. The van der Waals surface area contributed by atoms with E-state index in [1.165, 1.54) is 11.1 Å². The largest absolute Gasteiger partial charge is 0.497 e. The van der Waals surface area contributed by atoms with Crippen molar-refractivity contribution >= 4 is 17.4 Å². The monoisotopic (exact) mass is 389 g/mol. The molecule has 0 saturated carbocycles. The molecule has 0 unspecified atom stereocenters. The zero-order valence-corrected chi connectivity index (χ0v) is 16.5. The van der Waals surface area contributed by atoms with Crippen LogP contribution in [0.25, 0.3) is 0 Å². The number of anilines is 2. The zero-order chi connectivity index (χ0) is 20.2. The van der Waals surface area contributed by atoms with Crippen LogP contribution in [0.15, 0.2) is 60.8 Å². The first-order chi connectivity index (χ1) is 14.2. The van der Waals surface area contributed by atoms with Crippen molar-refractivity contribution in [3.63, 3.8) is 0 Å². The number of nitrogens with zero attached hydrogens (tertiary/aromatic N) is 2. The van der Waals surface area contributed by atoms with E-state index < -0.39 is 0 Å². The van der Waals surface area contributed by atoms with Crippen LogP contribution in [-0.4, -0.2) is 36.6 Å². The third kappa shape index (κ3) is 4.01. The summed E-state index contributed by atoms with van der Waals surface area (Å²) in [5, 5.41) is 3.22. The fourth-order valence-corrected chi connectivity index (χ4v) is 3.50. The molecule has 29 heavy (non-hydrogen) atoms. The van der Waals surface area contributed by atoms with Crippen LogP contribution < -0.4 is 14.8 Å². The number of carbonyl (C=O) groups excluding carboxylic acids is 1. The molecule has 1 amide bonds. The number of benzene rings is 2. The van der Waals surface area contributed by atoms with Crippen LogP contribution in [-0.2, 0) is 13.0 Å². The van der Waals surface area contributed by atoms with E-state index in [1.54, 1.807) is 32.5 Å². The minimum Gasteiger partial charge on any atom is -0.497 e. The number of pyridine rings is 1. The van der Waals surface area contributed by atoms with Gasteiger partial charge in [-0.2, -0.15) is 0 Å². The second-order valence-electron chi connectivity index (χ2n) is 6.87. The number of carbonyl (C=O) groups is 1. The van der Waals surface area contributed by atoms with Crippen molar-refractivity contribution in [3.05, 3.63) is 77.5 Å². The fraction of sp³-hybridized carbons (Fsp3) is 0.217. The van der Waals surface area contributed by atoms with Crippen LogP contribution in [0.5, 0.6) is 11.5 Å². The number of methoxy groups -OCH3 is 2. The van der Waals surface area contributed by atoms with Crippen LogP contribution in [0.4, 0.5) is 11.5 Å². The van der Waals surface area contributed by atoms with E-state index in [0.717, 1.165) is 18.7 Å². The highest BCUT2D eigenvalue weighted by Gasteiger charge is 2.21. The minimum absolute atomic E-state index is 0.00230. The van der Waals surface area contributed by atoms with Gasteiger partial charge >= 0.3 is 0 Å². The Morgan fingerprint density at radius 1 is 1.03 bits per heavy atom. The molecule has 3 aromatic rings. The van der Waals surface area contributed by atoms with Crippen molar-refractivity contribution in [3.8, 4) is 11.5 Å². The number of nitrogens with one attached hydrogen (secondary N) is 1. The third-order valence-corrected chi connectivity index (χ3v) is 5.10. The van der Waals surface area contributed by atoms with E-state index >= 15 is 0 Å². The minimum atomic E-state index is -0.00230. The van der Waals surface area contributed by atoms with Gasteiger partial charge in [-0.1, -0.05) is 24.3 Å². The van der Waals surface area contributed by atoms with Crippen molar-refractivity contribution < 1.29 is 14.3 Å². The maximum Gasteiger partial charge on any atom is 0.255 e. The lowest BCUT2D eigenvalue weighted by Gasteiger charge is -2.28. The summed E-state index contributed by atoms with van der Waals surface area (Å²) in [5.41, 5.74) is 3.85. The number of amides is 1. The van der Waals surface area contributed by atoms with Crippen LogP contribution in [0.3, 0.4) is 0 Å². The molecule has 148 valence electrons. The normalized spacial score (nSPS) is 12.8. The molecule has 0 spiro atoms. The van der Waals surface area contributed by atoms with Crippen molar-refractivity contribution in [2.24, 2.45) is 0 Å². The molecule has 6 heteroatoms. The van der Waals surface area contributed by atoms with Gasteiger partial charge in [-0.15, -0.1) is 0 Å². The molecule has 1 aromatic heterocycles. The number of fused-ring (bicyclic) bond motifs is 1. The van der Waals surface area contributed by atoms with Gasteiger partial charge in [-0.05, 0) is 41.8 Å². The van der Waals surface area contributed by atoms with Crippen molar-refractivity contribution in [1.29, 1.82) is 0 Å². The molecule has 2 heterocycles. The van der Waals surface area contributed by atoms with Crippen molar-refractivity contribution in [2.45, 2.75) is 13.0 Å². The second-order valence-corrected chi connectivity index (χ2v) is 6.87. The highest BCUT2D eigenvalue weighted by molar-refractivity contribution is 5.94. The Morgan fingerprint density at radius 3 is 2.59 bits per heavy atom. The summed E-state index contributed by atoms with van der Waals surface area (Å²) in [4.78, 5) is 19.2. The summed E-state index contributed by atoms with van der Waals surface area (Å²) in [6.45, 7) is 1.35. The molecule has 6 nitrogen and oxygen atoms in total. The van der Waals surface area contributed by atoms with Gasteiger partial charge in [-0.25, -0.2) is 4.98 Å². The predicted molar refractivity (Wildman–Crippen MR) is 112 cm³/mol. The second kappa shape index (κ2) is 8.22. The predicted octanol–water partition coefficient (Wildman–Crippen LogP) is 4.04. The van der Waals surface area contributed by atoms with Gasteiger partial charge in [0.05, 0.1) is 25.5 Å². The Morgan fingerprint density at radius 2 is 1.86 bits per heavy atom. The molecule has 0 bridgehead atoms. The Bertz CT molecular complexity index is 1020. The van der Waals surface area contributed by atoms with E-state index in [1.807, 2.05) is 35.2 Å². The SMILES string of the molecule is COc1ccc(OC)c(Nc2ccc(C(=O)N3CCc4ccccc4C3)cn2)c1. The molecule has 4 rings (SSSR count). The molecule has 1 aliphatic heterocycles. The van der Waals surface area contributed by atoms with E-state index in [2.05, 4.69) is 22.4 Å². The maximum atomic E-state index is 12.9. The summed E-state index contributed by atoms with van der Waals surface area (Å²) in [6.07, 6.45) is 2.49. The Hall–Kier alpha value is -3.54.